The normalized spacial score (nSPS) is 29.2. The molecule has 2 aliphatic rings. The van der Waals surface area contributed by atoms with Crippen molar-refractivity contribution in [3.8, 4) is 5.75 Å². The Labute approximate surface area is 128 Å². The molecule has 1 spiro atoms. The van der Waals surface area contributed by atoms with Crippen molar-refractivity contribution < 1.29 is 4.74 Å². The van der Waals surface area contributed by atoms with Gasteiger partial charge in [0, 0.05) is 5.56 Å². The monoisotopic (exact) mass is 282 g/mol. The molecule has 1 nitrogen and oxygen atoms in total. The van der Waals surface area contributed by atoms with Crippen molar-refractivity contribution in [2.75, 3.05) is 0 Å². The Morgan fingerprint density at radius 1 is 1.14 bits per heavy atom. The van der Waals surface area contributed by atoms with Crippen LogP contribution in [0.4, 0.5) is 0 Å². The first-order valence-corrected chi connectivity index (χ1v) is 8.15. The molecule has 0 radical (unpaired) electrons. The van der Waals surface area contributed by atoms with Gasteiger partial charge in [0.25, 0.3) is 0 Å². The smallest absolute Gasteiger partial charge is 0.127 e. The minimum Gasteiger partial charge on any atom is -0.487 e. The second-order valence-corrected chi connectivity index (χ2v) is 7.10. The van der Waals surface area contributed by atoms with Gasteiger partial charge < -0.3 is 4.74 Å². The van der Waals surface area contributed by atoms with Crippen LogP contribution >= 0.6 is 0 Å². The Hall–Kier alpha value is -1.50. The number of fused-ring (bicyclic) bond motifs is 1. The predicted molar refractivity (Wildman–Crippen MR) is 89.4 cm³/mol. The zero-order valence-electron chi connectivity index (χ0n) is 13.3. The van der Waals surface area contributed by atoms with Crippen molar-refractivity contribution in [2.45, 2.75) is 51.6 Å². The van der Waals surface area contributed by atoms with E-state index in [4.69, 9.17) is 4.74 Å². The molecule has 112 valence electrons. The molecule has 1 aliphatic carbocycles. The lowest BCUT2D eigenvalue weighted by Crippen LogP contribution is -2.42. The van der Waals surface area contributed by atoms with Gasteiger partial charge in [0.15, 0.2) is 0 Å². The maximum Gasteiger partial charge on any atom is 0.127 e. The van der Waals surface area contributed by atoms with E-state index in [9.17, 15) is 0 Å². The average molecular weight is 282 g/mol. The van der Waals surface area contributed by atoms with Crippen molar-refractivity contribution >= 4 is 5.57 Å². The van der Waals surface area contributed by atoms with E-state index in [0.717, 1.165) is 37.9 Å². The van der Waals surface area contributed by atoms with E-state index in [1.165, 1.54) is 16.7 Å². The molecule has 0 aromatic heterocycles. The number of rotatable bonds is 1. The summed E-state index contributed by atoms with van der Waals surface area (Å²) in [7, 11) is 0. The minimum atomic E-state index is -0.0222. The van der Waals surface area contributed by atoms with Gasteiger partial charge in [-0.15, -0.1) is 0 Å². The molecular formula is C20H26O. The first kappa shape index (κ1) is 14.4. The second-order valence-electron chi connectivity index (χ2n) is 7.10. The van der Waals surface area contributed by atoms with E-state index in [2.05, 4.69) is 51.3 Å². The Bertz CT molecular complexity index is 569. The van der Waals surface area contributed by atoms with Crippen LogP contribution in [0, 0.1) is 11.8 Å². The molecule has 1 fully saturated rings. The van der Waals surface area contributed by atoms with Gasteiger partial charge in [0.05, 0.1) is 0 Å². The summed E-state index contributed by atoms with van der Waals surface area (Å²) in [4.78, 5) is 0. The molecule has 0 bridgehead atoms. The maximum atomic E-state index is 6.58. The van der Waals surface area contributed by atoms with Crippen LogP contribution in [-0.2, 0) is 0 Å². The third-order valence-electron chi connectivity index (χ3n) is 5.30. The Balaban J connectivity index is 1.93. The molecule has 1 aromatic rings. The summed E-state index contributed by atoms with van der Waals surface area (Å²) in [5.41, 5.74) is 3.80. The molecule has 0 N–H and O–H groups in total. The number of para-hydroxylation sites is 1. The molecule has 1 aromatic carbocycles. The summed E-state index contributed by atoms with van der Waals surface area (Å²) in [5.74, 6) is 2.24. The van der Waals surface area contributed by atoms with E-state index in [0.29, 0.717) is 11.8 Å². The minimum absolute atomic E-state index is 0.0222. The third-order valence-corrected chi connectivity index (χ3v) is 5.30. The van der Waals surface area contributed by atoms with Crippen molar-refractivity contribution in [2.24, 2.45) is 11.8 Å². The summed E-state index contributed by atoms with van der Waals surface area (Å²) < 4.78 is 6.58. The molecule has 2 unspecified atom stereocenters. The molecule has 1 saturated carbocycles. The number of benzene rings is 1. The van der Waals surface area contributed by atoms with Crippen LogP contribution in [0.1, 0.15) is 51.5 Å². The molecule has 21 heavy (non-hydrogen) atoms. The van der Waals surface area contributed by atoms with Gasteiger partial charge in [-0.1, -0.05) is 50.8 Å². The molecule has 1 heterocycles. The van der Waals surface area contributed by atoms with Crippen molar-refractivity contribution in [3.05, 3.63) is 48.6 Å². The molecule has 1 aliphatic heterocycles. The standard InChI is InChI=1S/C20H26O/c1-14(2)18-13-20(12-10-16(18)4)11-9-15(3)17-7-5-6-8-19(17)21-20/h5-8,14,18H,3-4,9-13H2,1-2H3. The molecule has 1 heteroatoms. The van der Waals surface area contributed by atoms with Crippen molar-refractivity contribution in [3.63, 3.8) is 0 Å². The zero-order valence-corrected chi connectivity index (χ0v) is 13.3. The van der Waals surface area contributed by atoms with E-state index in [1.54, 1.807) is 0 Å². The van der Waals surface area contributed by atoms with E-state index in [-0.39, 0.29) is 5.60 Å². The van der Waals surface area contributed by atoms with Crippen LogP contribution < -0.4 is 4.74 Å². The largest absolute Gasteiger partial charge is 0.487 e. The molecular weight excluding hydrogens is 256 g/mol. The maximum absolute atomic E-state index is 6.58. The highest BCUT2D eigenvalue weighted by Crippen LogP contribution is 2.47. The first-order valence-electron chi connectivity index (χ1n) is 8.15. The van der Waals surface area contributed by atoms with E-state index < -0.39 is 0 Å². The van der Waals surface area contributed by atoms with Gasteiger partial charge in [0.1, 0.15) is 11.4 Å². The van der Waals surface area contributed by atoms with Crippen LogP contribution in [0.25, 0.3) is 5.57 Å². The second kappa shape index (κ2) is 5.36. The summed E-state index contributed by atoms with van der Waals surface area (Å²) >= 11 is 0. The first-order chi connectivity index (χ1) is 10.0. The third kappa shape index (κ3) is 2.66. The van der Waals surface area contributed by atoms with E-state index in [1.807, 2.05) is 0 Å². The summed E-state index contributed by atoms with van der Waals surface area (Å²) in [6.45, 7) is 13.2. The van der Waals surface area contributed by atoms with Gasteiger partial charge in [0.2, 0.25) is 0 Å². The van der Waals surface area contributed by atoms with Crippen LogP contribution in [0.15, 0.2) is 43.0 Å². The van der Waals surface area contributed by atoms with Crippen molar-refractivity contribution in [1.82, 2.24) is 0 Å². The lowest BCUT2D eigenvalue weighted by Gasteiger charge is -2.43. The van der Waals surface area contributed by atoms with Gasteiger partial charge in [-0.05, 0) is 55.6 Å². The highest BCUT2D eigenvalue weighted by atomic mass is 16.5. The topological polar surface area (TPSA) is 9.23 Å². The summed E-state index contributed by atoms with van der Waals surface area (Å²) in [5, 5.41) is 0. The zero-order chi connectivity index (χ0) is 15.0. The Morgan fingerprint density at radius 3 is 2.62 bits per heavy atom. The van der Waals surface area contributed by atoms with Crippen LogP contribution in [0.2, 0.25) is 0 Å². The van der Waals surface area contributed by atoms with Crippen LogP contribution in [0.3, 0.4) is 0 Å². The Morgan fingerprint density at radius 2 is 1.86 bits per heavy atom. The van der Waals surface area contributed by atoms with Gasteiger partial charge in [-0.3, -0.25) is 0 Å². The molecule has 2 atom stereocenters. The highest BCUT2D eigenvalue weighted by Gasteiger charge is 2.42. The lowest BCUT2D eigenvalue weighted by molar-refractivity contribution is 0.0125. The lowest BCUT2D eigenvalue weighted by atomic mass is 9.69. The van der Waals surface area contributed by atoms with Gasteiger partial charge >= 0.3 is 0 Å². The predicted octanol–water partition coefficient (Wildman–Crippen LogP) is 5.62. The van der Waals surface area contributed by atoms with Gasteiger partial charge in [-0.2, -0.15) is 0 Å². The fourth-order valence-electron chi connectivity index (χ4n) is 3.89. The van der Waals surface area contributed by atoms with Gasteiger partial charge in [-0.25, -0.2) is 0 Å². The SMILES string of the molecule is C=C1CCC2(CCC(=C)C(C(C)C)C2)Oc2ccccc21. The average Bonchev–Trinajstić information content (AvgIpc) is 2.60. The fourth-order valence-corrected chi connectivity index (χ4v) is 3.89. The quantitative estimate of drug-likeness (QED) is 0.607. The summed E-state index contributed by atoms with van der Waals surface area (Å²) in [6, 6.07) is 8.37. The van der Waals surface area contributed by atoms with Crippen molar-refractivity contribution in [1.29, 1.82) is 0 Å². The number of hydrogen-bond donors (Lipinski definition) is 0. The number of hydrogen-bond acceptors (Lipinski definition) is 1. The van der Waals surface area contributed by atoms with Crippen LogP contribution in [-0.4, -0.2) is 5.60 Å². The number of ether oxygens (including phenoxy) is 1. The van der Waals surface area contributed by atoms with Crippen LogP contribution in [0.5, 0.6) is 5.75 Å². The Kier molecular flexibility index (Phi) is 3.69. The highest BCUT2D eigenvalue weighted by molar-refractivity contribution is 5.69. The number of allylic oxidation sites excluding steroid dienone is 2. The summed E-state index contributed by atoms with van der Waals surface area (Å²) in [6.07, 6.45) is 5.41. The molecule has 3 rings (SSSR count). The molecule has 0 saturated heterocycles. The molecule has 0 amide bonds. The van der Waals surface area contributed by atoms with E-state index >= 15 is 0 Å². The fraction of sp³-hybridized carbons (Fsp3) is 0.500.